The van der Waals surface area contributed by atoms with Gasteiger partial charge in [0.25, 0.3) is 0 Å². The molecule has 1 aliphatic carbocycles. The fraction of sp³-hybridized carbons (Fsp3) is 0.417. The second-order valence-corrected chi connectivity index (χ2v) is 9.98. The molecule has 0 bridgehead atoms. The summed E-state index contributed by atoms with van der Waals surface area (Å²) in [6.07, 6.45) is 24.3. The van der Waals surface area contributed by atoms with Gasteiger partial charge in [-0.1, -0.05) is 58.3 Å². The number of hydrogen-bond donors (Lipinski definition) is 3. The second kappa shape index (κ2) is 25.8. The Labute approximate surface area is 260 Å². The molecule has 2 atom stereocenters. The van der Waals surface area contributed by atoms with Gasteiger partial charge in [0, 0.05) is 30.8 Å². The molecule has 0 spiro atoms. The number of halogens is 1. The van der Waals surface area contributed by atoms with Crippen molar-refractivity contribution >= 4 is 18.6 Å². The third-order valence-corrected chi connectivity index (χ3v) is 6.38. The first-order chi connectivity index (χ1) is 20.9. The van der Waals surface area contributed by atoms with Crippen molar-refractivity contribution in [3.63, 3.8) is 0 Å². The van der Waals surface area contributed by atoms with Crippen molar-refractivity contribution in [2.24, 2.45) is 27.6 Å². The quantitative estimate of drug-likeness (QED) is 0.162. The number of hydrogen-bond acceptors (Lipinski definition) is 6. The summed E-state index contributed by atoms with van der Waals surface area (Å²) in [6.45, 7) is 15.7. The molecular weight excluding hydrogens is 535 g/mol. The Morgan fingerprint density at radius 1 is 1.30 bits per heavy atom. The standard InChI is InChI=1S/C18H20FN3.C14H24N2.C3H4.CH5N/c1-13-4-6-15(7-5-13)21-11-10-18(20-3)22-16-8-9-17(19)14(2)12-16;1-3-5-7-13(4-2)10-16-12-14-8-6-9-15-11-14;1-3-2;1-2/h4,6-13,22H,3,5H2,1-2H3;6,8-9,11,13,16H,3-5,7,10,12H2,1-2H3;1H,2H3;2H2,1H3/b18-10+,21-11?;;;. The second-order valence-electron chi connectivity index (χ2n) is 9.98. The van der Waals surface area contributed by atoms with Gasteiger partial charge in [-0.2, -0.15) is 0 Å². The van der Waals surface area contributed by atoms with Gasteiger partial charge in [-0.15, -0.1) is 12.3 Å². The highest BCUT2D eigenvalue weighted by atomic mass is 19.1. The maximum atomic E-state index is 13.2. The van der Waals surface area contributed by atoms with Gasteiger partial charge in [0.2, 0.25) is 0 Å². The van der Waals surface area contributed by atoms with Crippen LogP contribution in [0.2, 0.25) is 0 Å². The minimum atomic E-state index is -0.227. The average Bonchev–Trinajstić information content (AvgIpc) is 3.03. The first-order valence-electron chi connectivity index (χ1n) is 15.0. The van der Waals surface area contributed by atoms with Gasteiger partial charge < -0.3 is 16.4 Å². The Balaban J connectivity index is 0.000000740. The number of pyridine rings is 1. The van der Waals surface area contributed by atoms with Crippen LogP contribution in [0.3, 0.4) is 0 Å². The van der Waals surface area contributed by atoms with E-state index in [1.165, 1.54) is 44.4 Å². The van der Waals surface area contributed by atoms with E-state index in [2.05, 4.69) is 89.4 Å². The SMILES string of the molecule is C#CC.C=N/C(=C\C=NC1=CCC(C)C=C1)Nc1ccc(F)c(C)c1.CCCCC(CC)CNCc1cccnc1.CN. The van der Waals surface area contributed by atoms with Crippen LogP contribution in [0.5, 0.6) is 0 Å². The molecule has 0 fully saturated rings. The average molecular weight is 589 g/mol. The van der Waals surface area contributed by atoms with Crippen LogP contribution in [-0.2, 0) is 6.54 Å². The van der Waals surface area contributed by atoms with Gasteiger partial charge in [0.05, 0.1) is 5.70 Å². The summed E-state index contributed by atoms with van der Waals surface area (Å²) in [6, 6.07) is 8.91. The summed E-state index contributed by atoms with van der Waals surface area (Å²) < 4.78 is 13.2. The number of anilines is 1. The number of unbranched alkanes of at least 4 members (excludes halogenated alkanes) is 1. The van der Waals surface area contributed by atoms with E-state index in [-0.39, 0.29) is 5.82 Å². The summed E-state index contributed by atoms with van der Waals surface area (Å²) in [5.41, 5.74) is 8.05. The molecule has 6 nitrogen and oxygen atoms in total. The predicted octanol–water partition coefficient (Wildman–Crippen LogP) is 8.24. The predicted molar refractivity (Wildman–Crippen MR) is 186 cm³/mol. The lowest BCUT2D eigenvalue weighted by atomic mass is 9.99. The lowest BCUT2D eigenvalue weighted by Crippen LogP contribution is -2.22. The van der Waals surface area contributed by atoms with Crippen LogP contribution in [0.15, 0.2) is 88.5 Å². The maximum Gasteiger partial charge on any atom is 0.131 e. The smallest absolute Gasteiger partial charge is 0.131 e. The number of aryl methyl sites for hydroxylation is 1. The first kappa shape index (κ1) is 39.1. The molecule has 0 radical (unpaired) electrons. The van der Waals surface area contributed by atoms with Gasteiger partial charge in [-0.05, 0) is 106 Å². The third kappa shape index (κ3) is 19.0. The molecule has 0 saturated heterocycles. The topological polar surface area (TPSA) is 87.7 Å². The zero-order valence-electron chi connectivity index (χ0n) is 27.1. The highest BCUT2D eigenvalue weighted by Gasteiger charge is 2.05. The van der Waals surface area contributed by atoms with E-state index in [1.54, 1.807) is 38.3 Å². The van der Waals surface area contributed by atoms with E-state index < -0.39 is 0 Å². The highest BCUT2D eigenvalue weighted by molar-refractivity contribution is 5.75. The number of allylic oxidation sites excluding steroid dienone is 4. The molecule has 0 saturated carbocycles. The van der Waals surface area contributed by atoms with Crippen molar-refractivity contribution in [2.45, 2.75) is 73.3 Å². The Morgan fingerprint density at radius 2 is 2.05 bits per heavy atom. The Bertz CT molecular complexity index is 1180. The molecule has 1 aromatic heterocycles. The molecule has 4 N–H and O–H groups in total. The molecule has 2 unspecified atom stereocenters. The summed E-state index contributed by atoms with van der Waals surface area (Å²) in [5, 5.41) is 6.60. The molecule has 234 valence electrons. The van der Waals surface area contributed by atoms with E-state index in [1.807, 2.05) is 24.5 Å². The monoisotopic (exact) mass is 588 g/mol. The minimum Gasteiger partial charge on any atom is -0.340 e. The van der Waals surface area contributed by atoms with Crippen molar-refractivity contribution in [3.8, 4) is 12.3 Å². The van der Waals surface area contributed by atoms with Gasteiger partial charge >= 0.3 is 0 Å². The molecule has 3 rings (SSSR count). The number of rotatable bonds is 13. The van der Waals surface area contributed by atoms with Crippen LogP contribution in [0.4, 0.5) is 10.1 Å². The van der Waals surface area contributed by atoms with Crippen LogP contribution < -0.4 is 16.4 Å². The largest absolute Gasteiger partial charge is 0.340 e. The van der Waals surface area contributed by atoms with Crippen LogP contribution >= 0.6 is 0 Å². The van der Waals surface area contributed by atoms with Crippen LogP contribution in [0.1, 0.15) is 70.9 Å². The zero-order valence-corrected chi connectivity index (χ0v) is 27.1. The van der Waals surface area contributed by atoms with E-state index >= 15 is 0 Å². The molecule has 7 heteroatoms. The number of benzene rings is 1. The van der Waals surface area contributed by atoms with Gasteiger partial charge in [-0.25, -0.2) is 9.38 Å². The van der Waals surface area contributed by atoms with Crippen molar-refractivity contribution in [1.29, 1.82) is 0 Å². The third-order valence-electron chi connectivity index (χ3n) is 6.38. The lowest BCUT2D eigenvalue weighted by Gasteiger charge is -2.15. The molecule has 1 aliphatic rings. The summed E-state index contributed by atoms with van der Waals surface area (Å²) >= 11 is 0. The maximum absolute atomic E-state index is 13.2. The Kier molecular flexibility index (Phi) is 23.5. The van der Waals surface area contributed by atoms with E-state index in [9.17, 15) is 4.39 Å². The number of nitrogens with one attached hydrogen (secondary N) is 2. The number of terminal acetylenes is 1. The van der Waals surface area contributed by atoms with E-state index in [0.29, 0.717) is 17.3 Å². The summed E-state index contributed by atoms with van der Waals surface area (Å²) in [7, 11) is 1.50. The summed E-state index contributed by atoms with van der Waals surface area (Å²) in [5.74, 6) is 3.98. The van der Waals surface area contributed by atoms with E-state index in [4.69, 9.17) is 0 Å². The fourth-order valence-electron chi connectivity index (χ4n) is 3.88. The molecular formula is C36H53FN6. The molecule has 0 amide bonds. The van der Waals surface area contributed by atoms with Crippen LogP contribution in [0.25, 0.3) is 0 Å². The molecule has 1 aromatic carbocycles. The number of aromatic nitrogens is 1. The molecule has 0 aliphatic heterocycles. The summed E-state index contributed by atoms with van der Waals surface area (Å²) in [4.78, 5) is 12.4. The van der Waals surface area contributed by atoms with Crippen molar-refractivity contribution in [2.75, 3.05) is 18.9 Å². The molecule has 2 aromatic rings. The molecule has 1 heterocycles. The minimum absolute atomic E-state index is 0.227. The van der Waals surface area contributed by atoms with Crippen LogP contribution in [-0.4, -0.2) is 31.5 Å². The van der Waals surface area contributed by atoms with Gasteiger partial charge in [0.1, 0.15) is 11.6 Å². The number of nitrogens with zero attached hydrogens (tertiary/aromatic N) is 3. The Morgan fingerprint density at radius 3 is 2.60 bits per heavy atom. The van der Waals surface area contributed by atoms with Crippen molar-refractivity contribution in [3.05, 3.63) is 95.5 Å². The van der Waals surface area contributed by atoms with Gasteiger partial charge in [-0.3, -0.25) is 9.98 Å². The van der Waals surface area contributed by atoms with Crippen molar-refractivity contribution < 1.29 is 4.39 Å². The fourth-order valence-corrected chi connectivity index (χ4v) is 3.88. The van der Waals surface area contributed by atoms with Gasteiger partial charge in [0.15, 0.2) is 0 Å². The number of nitrogens with two attached hydrogens (primary N) is 1. The molecule has 43 heavy (non-hydrogen) atoms. The Hall–Kier alpha value is -3.86. The van der Waals surface area contributed by atoms with E-state index in [0.717, 1.165) is 36.8 Å². The van der Waals surface area contributed by atoms with Crippen LogP contribution in [0, 0.1) is 36.9 Å². The zero-order chi connectivity index (χ0) is 32.3. The lowest BCUT2D eigenvalue weighted by molar-refractivity contribution is 0.419. The normalized spacial score (nSPS) is 14.4. The first-order valence-corrected chi connectivity index (χ1v) is 15.0. The highest BCUT2D eigenvalue weighted by Crippen LogP contribution is 2.17. The number of aliphatic imine (C=N–C) groups is 2. The van der Waals surface area contributed by atoms with Crippen molar-refractivity contribution in [1.82, 2.24) is 10.3 Å².